The lowest BCUT2D eigenvalue weighted by molar-refractivity contribution is 0.0930. The number of hydrogen-bond donors (Lipinski definition) is 1. The monoisotopic (exact) mass is 289 g/mol. The smallest absolute Gasteiger partial charge is 0.0547 e. The van der Waals surface area contributed by atoms with Crippen molar-refractivity contribution in [3.05, 3.63) is 29.6 Å². The minimum atomic E-state index is 0.326. The van der Waals surface area contributed by atoms with Gasteiger partial charge in [0.1, 0.15) is 0 Å². The van der Waals surface area contributed by atoms with Crippen molar-refractivity contribution >= 4 is 0 Å². The Morgan fingerprint density at radius 3 is 2.62 bits per heavy atom. The van der Waals surface area contributed by atoms with E-state index in [-0.39, 0.29) is 0 Å². The number of nitrogens with zero attached hydrogens (tertiary/aromatic N) is 2. The molecule has 0 bridgehead atoms. The highest BCUT2D eigenvalue weighted by Gasteiger charge is 2.34. The van der Waals surface area contributed by atoms with E-state index in [2.05, 4.69) is 48.9 Å². The lowest BCUT2D eigenvalue weighted by atomic mass is 9.70. The summed E-state index contributed by atoms with van der Waals surface area (Å²) in [6.07, 6.45) is 5.22. The minimum Gasteiger partial charge on any atom is -0.330 e. The summed E-state index contributed by atoms with van der Waals surface area (Å²) in [5.74, 6) is 0.873. The molecule has 2 N–H and O–H groups in total. The summed E-state index contributed by atoms with van der Waals surface area (Å²) in [5.41, 5.74) is 8.76. The van der Waals surface area contributed by atoms with Gasteiger partial charge in [0.25, 0.3) is 0 Å². The van der Waals surface area contributed by atoms with Crippen LogP contribution in [-0.4, -0.2) is 29.5 Å². The molecule has 21 heavy (non-hydrogen) atoms. The first-order valence-electron chi connectivity index (χ1n) is 8.42. The number of rotatable bonds is 6. The molecule has 1 aromatic heterocycles. The normalized spacial score (nSPS) is 26.2. The molecule has 1 heterocycles. The lowest BCUT2D eigenvalue weighted by Gasteiger charge is -2.42. The number of hydrogen-bond acceptors (Lipinski definition) is 3. The molecule has 1 aliphatic carbocycles. The summed E-state index contributed by atoms with van der Waals surface area (Å²) in [6.45, 7) is 10.6. The Labute approximate surface area is 129 Å². The maximum absolute atomic E-state index is 6.16. The summed E-state index contributed by atoms with van der Waals surface area (Å²) in [7, 11) is 0. The molecular formula is C18H31N3. The van der Waals surface area contributed by atoms with Gasteiger partial charge in [-0.25, -0.2) is 0 Å². The van der Waals surface area contributed by atoms with Crippen LogP contribution in [-0.2, 0) is 6.54 Å². The second-order valence-corrected chi connectivity index (χ2v) is 6.96. The van der Waals surface area contributed by atoms with Crippen LogP contribution in [0.25, 0.3) is 0 Å². The van der Waals surface area contributed by atoms with Gasteiger partial charge in [0.05, 0.1) is 5.69 Å². The van der Waals surface area contributed by atoms with E-state index in [0.29, 0.717) is 5.41 Å². The van der Waals surface area contributed by atoms with Crippen LogP contribution in [0.5, 0.6) is 0 Å². The molecule has 0 aromatic carbocycles. The van der Waals surface area contributed by atoms with Gasteiger partial charge in [-0.05, 0) is 56.3 Å². The van der Waals surface area contributed by atoms with Crippen molar-refractivity contribution in [1.29, 1.82) is 0 Å². The Morgan fingerprint density at radius 2 is 2.05 bits per heavy atom. The van der Waals surface area contributed by atoms with E-state index in [4.69, 9.17) is 5.73 Å². The summed E-state index contributed by atoms with van der Waals surface area (Å²) >= 11 is 0. The highest BCUT2D eigenvalue weighted by Crippen LogP contribution is 2.38. The number of aryl methyl sites for hydroxylation is 1. The molecular weight excluding hydrogens is 258 g/mol. The van der Waals surface area contributed by atoms with Crippen molar-refractivity contribution in [2.75, 3.05) is 19.6 Å². The van der Waals surface area contributed by atoms with Crippen LogP contribution in [0, 0.1) is 18.3 Å². The van der Waals surface area contributed by atoms with Crippen molar-refractivity contribution in [2.24, 2.45) is 17.1 Å². The molecule has 0 saturated heterocycles. The molecule has 3 nitrogen and oxygen atoms in total. The molecule has 1 aromatic rings. The minimum absolute atomic E-state index is 0.326. The van der Waals surface area contributed by atoms with Crippen molar-refractivity contribution in [1.82, 2.24) is 9.88 Å². The second kappa shape index (κ2) is 7.37. The Hall–Kier alpha value is -0.930. The van der Waals surface area contributed by atoms with Crippen molar-refractivity contribution < 1.29 is 0 Å². The number of pyridine rings is 1. The summed E-state index contributed by atoms with van der Waals surface area (Å²) < 4.78 is 0. The highest BCUT2D eigenvalue weighted by atomic mass is 15.1. The van der Waals surface area contributed by atoms with E-state index in [1.165, 1.54) is 31.4 Å². The molecule has 1 aliphatic rings. The zero-order valence-corrected chi connectivity index (χ0v) is 13.9. The van der Waals surface area contributed by atoms with Gasteiger partial charge in [-0.3, -0.25) is 9.88 Å². The summed E-state index contributed by atoms with van der Waals surface area (Å²) in [5, 5.41) is 0. The van der Waals surface area contributed by atoms with Crippen molar-refractivity contribution in [2.45, 2.75) is 53.0 Å². The van der Waals surface area contributed by atoms with Crippen LogP contribution in [0.1, 0.15) is 50.9 Å². The zero-order valence-electron chi connectivity index (χ0n) is 13.9. The van der Waals surface area contributed by atoms with Crippen LogP contribution in [0.3, 0.4) is 0 Å². The van der Waals surface area contributed by atoms with E-state index in [9.17, 15) is 0 Å². The predicted octanol–water partition coefficient (Wildman–Crippen LogP) is 3.37. The van der Waals surface area contributed by atoms with Gasteiger partial charge in [-0.1, -0.05) is 32.8 Å². The van der Waals surface area contributed by atoms with E-state index in [0.717, 1.165) is 37.8 Å². The molecule has 0 radical (unpaired) electrons. The third-order valence-corrected chi connectivity index (χ3v) is 5.11. The van der Waals surface area contributed by atoms with Crippen LogP contribution < -0.4 is 5.73 Å². The first-order chi connectivity index (χ1) is 10.1. The quantitative estimate of drug-likeness (QED) is 0.873. The topological polar surface area (TPSA) is 42.2 Å². The molecule has 0 spiro atoms. The van der Waals surface area contributed by atoms with Crippen LogP contribution in [0.15, 0.2) is 18.2 Å². The third-order valence-electron chi connectivity index (χ3n) is 5.11. The van der Waals surface area contributed by atoms with Gasteiger partial charge in [0.2, 0.25) is 0 Å². The lowest BCUT2D eigenvalue weighted by Crippen LogP contribution is -2.44. The molecule has 1 fully saturated rings. The number of aromatic nitrogens is 1. The fourth-order valence-corrected chi connectivity index (χ4v) is 3.47. The molecule has 0 amide bonds. The maximum Gasteiger partial charge on any atom is 0.0547 e. The van der Waals surface area contributed by atoms with Gasteiger partial charge >= 0.3 is 0 Å². The Kier molecular flexibility index (Phi) is 5.77. The maximum atomic E-state index is 6.16. The molecule has 0 atom stereocenters. The third kappa shape index (κ3) is 4.52. The Bertz CT molecular complexity index is 436. The molecule has 2 rings (SSSR count). The summed E-state index contributed by atoms with van der Waals surface area (Å²) in [6, 6.07) is 6.30. The SMILES string of the molecule is CCN(Cc1cccc(C)n1)CC1(CN)CCC(C)CC1. The first kappa shape index (κ1) is 16.4. The molecule has 118 valence electrons. The first-order valence-corrected chi connectivity index (χ1v) is 8.42. The van der Waals surface area contributed by atoms with E-state index < -0.39 is 0 Å². The van der Waals surface area contributed by atoms with Crippen LogP contribution in [0.2, 0.25) is 0 Å². The van der Waals surface area contributed by atoms with E-state index in [1.807, 2.05) is 0 Å². The van der Waals surface area contributed by atoms with Crippen LogP contribution >= 0.6 is 0 Å². The fraction of sp³-hybridized carbons (Fsp3) is 0.722. The summed E-state index contributed by atoms with van der Waals surface area (Å²) in [4.78, 5) is 7.16. The predicted molar refractivity (Wildman–Crippen MR) is 89.0 cm³/mol. The Balaban J connectivity index is 2.00. The fourth-order valence-electron chi connectivity index (χ4n) is 3.47. The van der Waals surface area contributed by atoms with E-state index in [1.54, 1.807) is 0 Å². The van der Waals surface area contributed by atoms with Crippen molar-refractivity contribution in [3.63, 3.8) is 0 Å². The van der Waals surface area contributed by atoms with Crippen LogP contribution in [0.4, 0.5) is 0 Å². The molecule has 3 heteroatoms. The average molecular weight is 289 g/mol. The van der Waals surface area contributed by atoms with Gasteiger partial charge in [-0.2, -0.15) is 0 Å². The second-order valence-electron chi connectivity index (χ2n) is 6.96. The van der Waals surface area contributed by atoms with Gasteiger partial charge in [-0.15, -0.1) is 0 Å². The highest BCUT2D eigenvalue weighted by molar-refractivity contribution is 5.10. The average Bonchev–Trinajstić information content (AvgIpc) is 2.49. The zero-order chi connectivity index (χ0) is 15.3. The van der Waals surface area contributed by atoms with E-state index >= 15 is 0 Å². The molecule has 0 unspecified atom stereocenters. The number of nitrogens with two attached hydrogens (primary N) is 1. The molecule has 1 saturated carbocycles. The van der Waals surface area contributed by atoms with Gasteiger partial charge in [0, 0.05) is 18.8 Å². The largest absolute Gasteiger partial charge is 0.330 e. The van der Waals surface area contributed by atoms with Gasteiger partial charge in [0.15, 0.2) is 0 Å². The van der Waals surface area contributed by atoms with Gasteiger partial charge < -0.3 is 5.73 Å². The standard InChI is InChI=1S/C18H31N3/c1-4-21(12-17-7-5-6-16(3)20-17)14-18(13-19)10-8-15(2)9-11-18/h5-7,15H,4,8-14,19H2,1-3H3. The van der Waals surface area contributed by atoms with Crippen molar-refractivity contribution in [3.8, 4) is 0 Å². The molecule has 0 aliphatic heterocycles. The Morgan fingerprint density at radius 1 is 1.33 bits per heavy atom.